The molecule has 0 unspecified atom stereocenters. The second kappa shape index (κ2) is 7.51. The van der Waals surface area contributed by atoms with Gasteiger partial charge in [0.15, 0.2) is 0 Å². The van der Waals surface area contributed by atoms with Crippen LogP contribution < -0.4 is 10.6 Å². The SMILES string of the molecule is Cn1nccc1C(=O)NCC(=O)NCC1(c2ccccc2)CCCC1. The minimum Gasteiger partial charge on any atom is -0.354 e. The zero-order valence-electron chi connectivity index (χ0n) is 14.5. The normalized spacial score (nSPS) is 15.7. The molecular formula is C19H24N4O2. The highest BCUT2D eigenvalue weighted by Gasteiger charge is 2.35. The van der Waals surface area contributed by atoms with Gasteiger partial charge in [-0.15, -0.1) is 0 Å². The number of hydrogen-bond donors (Lipinski definition) is 2. The summed E-state index contributed by atoms with van der Waals surface area (Å²) in [5.41, 5.74) is 1.74. The molecular weight excluding hydrogens is 316 g/mol. The number of aryl methyl sites for hydroxylation is 1. The van der Waals surface area contributed by atoms with Crippen molar-refractivity contribution in [1.82, 2.24) is 20.4 Å². The van der Waals surface area contributed by atoms with Gasteiger partial charge in [0.2, 0.25) is 5.91 Å². The minimum atomic E-state index is -0.297. The van der Waals surface area contributed by atoms with Crippen molar-refractivity contribution in [2.45, 2.75) is 31.1 Å². The second-order valence-electron chi connectivity index (χ2n) is 6.65. The van der Waals surface area contributed by atoms with Crippen molar-refractivity contribution in [2.24, 2.45) is 7.05 Å². The Morgan fingerprint density at radius 2 is 1.84 bits per heavy atom. The van der Waals surface area contributed by atoms with E-state index in [1.165, 1.54) is 23.1 Å². The van der Waals surface area contributed by atoms with Gasteiger partial charge in [0.05, 0.1) is 6.54 Å². The molecule has 3 rings (SSSR count). The van der Waals surface area contributed by atoms with Gasteiger partial charge in [-0.3, -0.25) is 14.3 Å². The lowest BCUT2D eigenvalue weighted by Crippen LogP contribution is -2.43. The summed E-state index contributed by atoms with van der Waals surface area (Å²) in [6.07, 6.45) is 6.08. The van der Waals surface area contributed by atoms with E-state index >= 15 is 0 Å². The van der Waals surface area contributed by atoms with Gasteiger partial charge in [-0.2, -0.15) is 5.10 Å². The summed E-state index contributed by atoms with van der Waals surface area (Å²) in [6, 6.07) is 12.0. The zero-order chi connectivity index (χ0) is 17.7. The molecule has 1 aromatic carbocycles. The number of carbonyl (C=O) groups is 2. The molecule has 1 aromatic heterocycles. The molecule has 2 N–H and O–H groups in total. The first-order chi connectivity index (χ1) is 12.1. The van der Waals surface area contributed by atoms with E-state index in [0.717, 1.165) is 12.8 Å². The number of nitrogens with one attached hydrogen (secondary N) is 2. The number of aromatic nitrogens is 2. The van der Waals surface area contributed by atoms with Crippen LogP contribution >= 0.6 is 0 Å². The largest absolute Gasteiger partial charge is 0.354 e. The molecule has 25 heavy (non-hydrogen) atoms. The van der Waals surface area contributed by atoms with Gasteiger partial charge in [0.1, 0.15) is 5.69 Å². The van der Waals surface area contributed by atoms with Crippen LogP contribution in [0.2, 0.25) is 0 Å². The van der Waals surface area contributed by atoms with Crippen LogP contribution in [0.1, 0.15) is 41.7 Å². The molecule has 0 spiro atoms. The fraction of sp³-hybridized carbons (Fsp3) is 0.421. The van der Waals surface area contributed by atoms with Crippen LogP contribution in [0.5, 0.6) is 0 Å². The van der Waals surface area contributed by atoms with Crippen molar-refractivity contribution in [2.75, 3.05) is 13.1 Å². The average molecular weight is 340 g/mol. The van der Waals surface area contributed by atoms with E-state index in [4.69, 9.17) is 0 Å². The van der Waals surface area contributed by atoms with Crippen molar-refractivity contribution < 1.29 is 9.59 Å². The maximum absolute atomic E-state index is 12.2. The lowest BCUT2D eigenvalue weighted by molar-refractivity contribution is -0.120. The van der Waals surface area contributed by atoms with Gasteiger partial charge in [-0.05, 0) is 24.5 Å². The Bertz CT molecular complexity index is 733. The standard InChI is InChI=1S/C19H24N4O2/c1-23-16(9-12-22-23)18(25)20-13-17(24)21-14-19(10-5-6-11-19)15-7-3-2-4-8-15/h2-4,7-9,12H,5-6,10-11,13-14H2,1H3,(H,20,25)(H,21,24). The smallest absolute Gasteiger partial charge is 0.269 e. The topological polar surface area (TPSA) is 76.0 Å². The van der Waals surface area contributed by atoms with Gasteiger partial charge < -0.3 is 10.6 Å². The third kappa shape index (κ3) is 3.90. The number of carbonyl (C=O) groups excluding carboxylic acids is 2. The molecule has 0 saturated heterocycles. The minimum absolute atomic E-state index is 0.0168. The predicted octanol–water partition coefficient (Wildman–Crippen LogP) is 1.78. The van der Waals surface area contributed by atoms with Crippen molar-refractivity contribution in [3.63, 3.8) is 0 Å². The molecule has 6 nitrogen and oxygen atoms in total. The van der Waals surface area contributed by atoms with Gasteiger partial charge in [-0.1, -0.05) is 43.2 Å². The molecule has 2 amide bonds. The first-order valence-corrected chi connectivity index (χ1v) is 8.69. The summed E-state index contributed by atoms with van der Waals surface area (Å²) in [5.74, 6) is -0.466. The van der Waals surface area contributed by atoms with Gasteiger partial charge >= 0.3 is 0 Å². The van der Waals surface area contributed by atoms with Crippen LogP contribution in [0, 0.1) is 0 Å². The third-order valence-electron chi connectivity index (χ3n) is 5.03. The van der Waals surface area contributed by atoms with E-state index in [9.17, 15) is 9.59 Å². The summed E-state index contributed by atoms with van der Waals surface area (Å²) in [5, 5.41) is 9.60. The molecule has 0 aliphatic heterocycles. The van der Waals surface area contributed by atoms with E-state index in [1.807, 2.05) is 18.2 Å². The lowest BCUT2D eigenvalue weighted by Gasteiger charge is -2.30. The quantitative estimate of drug-likeness (QED) is 0.841. The summed E-state index contributed by atoms with van der Waals surface area (Å²) in [4.78, 5) is 24.2. The highest BCUT2D eigenvalue weighted by Crippen LogP contribution is 2.40. The number of rotatable bonds is 6. The first-order valence-electron chi connectivity index (χ1n) is 8.69. The van der Waals surface area contributed by atoms with Gasteiger partial charge in [0.25, 0.3) is 5.91 Å². The maximum Gasteiger partial charge on any atom is 0.269 e. The summed E-state index contributed by atoms with van der Waals surface area (Å²) in [7, 11) is 1.69. The van der Waals surface area contributed by atoms with Crippen LogP contribution in [0.4, 0.5) is 0 Å². The highest BCUT2D eigenvalue weighted by atomic mass is 16.2. The van der Waals surface area contributed by atoms with Crippen molar-refractivity contribution in [3.05, 3.63) is 53.9 Å². The molecule has 1 aliphatic carbocycles. The molecule has 1 aliphatic rings. The van der Waals surface area contributed by atoms with Crippen LogP contribution in [0.3, 0.4) is 0 Å². The molecule has 1 fully saturated rings. The monoisotopic (exact) mass is 340 g/mol. The number of amides is 2. The summed E-state index contributed by atoms with van der Waals surface area (Å²) in [6.45, 7) is 0.576. The maximum atomic E-state index is 12.2. The molecule has 0 atom stereocenters. The van der Waals surface area contributed by atoms with Gasteiger partial charge in [0, 0.05) is 25.2 Å². The Kier molecular flexibility index (Phi) is 5.16. The second-order valence-corrected chi connectivity index (χ2v) is 6.65. The molecule has 2 aromatic rings. The molecule has 1 saturated carbocycles. The predicted molar refractivity (Wildman–Crippen MR) is 95.1 cm³/mol. The Balaban J connectivity index is 1.54. The summed E-state index contributed by atoms with van der Waals surface area (Å²) >= 11 is 0. The summed E-state index contributed by atoms with van der Waals surface area (Å²) < 4.78 is 1.48. The molecule has 1 heterocycles. The lowest BCUT2D eigenvalue weighted by atomic mass is 9.79. The Hall–Kier alpha value is -2.63. The average Bonchev–Trinajstić information content (AvgIpc) is 3.28. The van der Waals surface area contributed by atoms with E-state index in [-0.39, 0.29) is 23.8 Å². The highest BCUT2D eigenvalue weighted by molar-refractivity contribution is 5.95. The zero-order valence-corrected chi connectivity index (χ0v) is 14.5. The van der Waals surface area contributed by atoms with E-state index in [0.29, 0.717) is 12.2 Å². The molecule has 0 radical (unpaired) electrons. The van der Waals surface area contributed by atoms with E-state index in [1.54, 1.807) is 19.3 Å². The number of nitrogens with zero attached hydrogens (tertiary/aromatic N) is 2. The molecule has 132 valence electrons. The first kappa shape index (κ1) is 17.2. The fourth-order valence-electron chi connectivity index (χ4n) is 3.59. The van der Waals surface area contributed by atoms with Crippen molar-refractivity contribution in [3.8, 4) is 0 Å². The third-order valence-corrected chi connectivity index (χ3v) is 5.03. The van der Waals surface area contributed by atoms with E-state index < -0.39 is 0 Å². The van der Waals surface area contributed by atoms with Crippen LogP contribution in [0.15, 0.2) is 42.6 Å². The Labute approximate surface area is 147 Å². The van der Waals surface area contributed by atoms with Gasteiger partial charge in [-0.25, -0.2) is 0 Å². The van der Waals surface area contributed by atoms with Crippen LogP contribution in [-0.4, -0.2) is 34.7 Å². The number of benzene rings is 1. The van der Waals surface area contributed by atoms with E-state index in [2.05, 4.69) is 27.9 Å². The van der Waals surface area contributed by atoms with Crippen molar-refractivity contribution >= 4 is 11.8 Å². The fourth-order valence-corrected chi connectivity index (χ4v) is 3.59. The van der Waals surface area contributed by atoms with Crippen LogP contribution in [-0.2, 0) is 17.3 Å². The van der Waals surface area contributed by atoms with Crippen LogP contribution in [0.25, 0.3) is 0 Å². The Morgan fingerprint density at radius 3 is 2.48 bits per heavy atom. The number of hydrogen-bond acceptors (Lipinski definition) is 3. The Morgan fingerprint density at radius 1 is 1.12 bits per heavy atom. The molecule has 0 bridgehead atoms. The van der Waals surface area contributed by atoms with Crippen molar-refractivity contribution in [1.29, 1.82) is 0 Å². The molecule has 6 heteroatoms.